The molecule has 2 amide bonds. The van der Waals surface area contributed by atoms with Crippen LogP contribution in [0.5, 0.6) is 0 Å². The number of rotatable bonds is 8. The van der Waals surface area contributed by atoms with Gasteiger partial charge in [-0.15, -0.1) is 11.8 Å². The SMILES string of the molecule is CCN(CC)C(CNC(=O)C1CSCN1C(=O)CC(C)(C)C)c1ccco1. The lowest BCUT2D eigenvalue weighted by atomic mass is 9.91. The number of hydrogen-bond donors (Lipinski definition) is 1. The second-order valence-electron chi connectivity index (χ2n) is 8.11. The highest BCUT2D eigenvalue weighted by molar-refractivity contribution is 7.99. The molecule has 1 aliphatic heterocycles. The van der Waals surface area contributed by atoms with Crippen LogP contribution in [0.25, 0.3) is 0 Å². The fraction of sp³-hybridized carbons (Fsp3) is 0.700. The third-order valence-electron chi connectivity index (χ3n) is 4.78. The Bertz CT molecular complexity index is 608. The first-order chi connectivity index (χ1) is 12.8. The lowest BCUT2D eigenvalue weighted by Gasteiger charge is -2.30. The normalized spacial score (nSPS) is 18.7. The summed E-state index contributed by atoms with van der Waals surface area (Å²) in [6.45, 7) is 12.5. The molecule has 0 aromatic carbocycles. The van der Waals surface area contributed by atoms with Gasteiger partial charge in [-0.1, -0.05) is 34.6 Å². The van der Waals surface area contributed by atoms with Crippen LogP contribution in [-0.4, -0.2) is 58.9 Å². The quantitative estimate of drug-likeness (QED) is 0.733. The number of carbonyl (C=O) groups is 2. The Morgan fingerprint density at radius 3 is 2.63 bits per heavy atom. The van der Waals surface area contributed by atoms with Crippen LogP contribution < -0.4 is 5.32 Å². The number of thioether (sulfide) groups is 1. The van der Waals surface area contributed by atoms with Crippen LogP contribution in [0.1, 0.15) is 52.8 Å². The van der Waals surface area contributed by atoms with Crippen molar-refractivity contribution < 1.29 is 14.0 Å². The number of nitrogens with zero attached hydrogens (tertiary/aromatic N) is 2. The number of nitrogens with one attached hydrogen (secondary N) is 1. The number of furan rings is 1. The van der Waals surface area contributed by atoms with Crippen molar-refractivity contribution in [1.29, 1.82) is 0 Å². The zero-order chi connectivity index (χ0) is 20.0. The van der Waals surface area contributed by atoms with Crippen molar-refractivity contribution in [3.8, 4) is 0 Å². The molecule has 0 saturated carbocycles. The second kappa shape index (κ2) is 9.64. The molecule has 1 N–H and O–H groups in total. The van der Waals surface area contributed by atoms with E-state index in [1.54, 1.807) is 22.9 Å². The molecule has 6 nitrogen and oxygen atoms in total. The molecule has 2 atom stereocenters. The van der Waals surface area contributed by atoms with Gasteiger partial charge in [0.05, 0.1) is 18.2 Å². The first-order valence-corrected chi connectivity index (χ1v) is 10.8. The first kappa shape index (κ1) is 21.8. The topological polar surface area (TPSA) is 65.8 Å². The smallest absolute Gasteiger partial charge is 0.243 e. The molecule has 27 heavy (non-hydrogen) atoms. The van der Waals surface area contributed by atoms with Gasteiger partial charge in [0.25, 0.3) is 0 Å². The Labute approximate surface area is 167 Å². The predicted molar refractivity (Wildman–Crippen MR) is 109 cm³/mol. The van der Waals surface area contributed by atoms with Crippen molar-refractivity contribution in [3.63, 3.8) is 0 Å². The summed E-state index contributed by atoms with van der Waals surface area (Å²) in [4.78, 5) is 29.4. The Hall–Kier alpha value is -1.47. The summed E-state index contributed by atoms with van der Waals surface area (Å²) in [5, 5.41) is 3.06. The average Bonchev–Trinajstić information content (AvgIpc) is 3.28. The third kappa shape index (κ3) is 6.01. The monoisotopic (exact) mass is 395 g/mol. The maximum absolute atomic E-state index is 12.8. The molecule has 1 aliphatic rings. The molecule has 0 spiro atoms. The van der Waals surface area contributed by atoms with Gasteiger partial charge in [-0.05, 0) is 30.6 Å². The molecule has 2 heterocycles. The summed E-state index contributed by atoms with van der Waals surface area (Å²) >= 11 is 1.64. The third-order valence-corrected chi connectivity index (χ3v) is 5.79. The summed E-state index contributed by atoms with van der Waals surface area (Å²) in [5.74, 6) is 2.06. The molecule has 1 saturated heterocycles. The molecule has 2 unspecified atom stereocenters. The molecule has 2 rings (SSSR count). The van der Waals surface area contributed by atoms with Crippen LogP contribution in [0.15, 0.2) is 22.8 Å². The molecule has 0 radical (unpaired) electrons. The number of amides is 2. The van der Waals surface area contributed by atoms with Crippen LogP contribution >= 0.6 is 11.8 Å². The first-order valence-electron chi connectivity index (χ1n) is 9.69. The van der Waals surface area contributed by atoms with E-state index in [1.165, 1.54) is 0 Å². The van der Waals surface area contributed by atoms with Crippen LogP contribution in [0.3, 0.4) is 0 Å². The zero-order valence-electron chi connectivity index (χ0n) is 17.2. The minimum atomic E-state index is -0.390. The summed E-state index contributed by atoms with van der Waals surface area (Å²) in [5.41, 5.74) is -0.0848. The van der Waals surface area contributed by atoms with Gasteiger partial charge in [0.1, 0.15) is 11.8 Å². The number of likely N-dealkylation sites (N-methyl/N-ethyl adjacent to an activating group) is 1. The summed E-state index contributed by atoms with van der Waals surface area (Å²) in [6, 6.07) is 3.42. The molecular formula is C20H33N3O3S. The van der Waals surface area contributed by atoms with Crippen LogP contribution in [0.4, 0.5) is 0 Å². The molecule has 1 aromatic rings. The fourth-order valence-electron chi connectivity index (χ4n) is 3.33. The largest absolute Gasteiger partial charge is 0.468 e. The lowest BCUT2D eigenvalue weighted by Crippen LogP contribution is -2.49. The molecule has 152 valence electrons. The molecular weight excluding hydrogens is 362 g/mol. The minimum Gasteiger partial charge on any atom is -0.468 e. The van der Waals surface area contributed by atoms with E-state index in [2.05, 4.69) is 24.1 Å². The second-order valence-corrected chi connectivity index (χ2v) is 9.11. The van der Waals surface area contributed by atoms with E-state index in [1.807, 2.05) is 32.9 Å². The van der Waals surface area contributed by atoms with Crippen molar-refractivity contribution >= 4 is 23.6 Å². The molecule has 0 bridgehead atoms. The van der Waals surface area contributed by atoms with E-state index in [-0.39, 0.29) is 29.3 Å². The maximum atomic E-state index is 12.8. The Balaban J connectivity index is 2.01. The molecule has 0 aliphatic carbocycles. The van der Waals surface area contributed by atoms with E-state index in [0.29, 0.717) is 24.6 Å². The van der Waals surface area contributed by atoms with Gasteiger partial charge in [0.15, 0.2) is 0 Å². The molecule has 7 heteroatoms. The number of carbonyl (C=O) groups excluding carboxylic acids is 2. The van der Waals surface area contributed by atoms with Gasteiger partial charge >= 0.3 is 0 Å². The van der Waals surface area contributed by atoms with E-state index < -0.39 is 0 Å². The minimum absolute atomic E-state index is 0.00765. The van der Waals surface area contributed by atoms with E-state index in [4.69, 9.17) is 4.42 Å². The van der Waals surface area contributed by atoms with Gasteiger partial charge in [0, 0.05) is 18.7 Å². The van der Waals surface area contributed by atoms with Crippen molar-refractivity contribution in [2.45, 2.75) is 53.1 Å². The highest BCUT2D eigenvalue weighted by Crippen LogP contribution is 2.27. The number of hydrogen-bond acceptors (Lipinski definition) is 5. The molecule has 1 aromatic heterocycles. The van der Waals surface area contributed by atoms with Gasteiger partial charge in [-0.2, -0.15) is 0 Å². The highest BCUT2D eigenvalue weighted by Gasteiger charge is 2.36. The summed E-state index contributed by atoms with van der Waals surface area (Å²) < 4.78 is 5.59. The van der Waals surface area contributed by atoms with Crippen LogP contribution in [0, 0.1) is 5.41 Å². The lowest BCUT2D eigenvalue weighted by molar-refractivity contribution is -0.139. The van der Waals surface area contributed by atoms with Gasteiger partial charge in [-0.3, -0.25) is 14.5 Å². The Morgan fingerprint density at radius 1 is 1.37 bits per heavy atom. The van der Waals surface area contributed by atoms with E-state index in [9.17, 15) is 9.59 Å². The van der Waals surface area contributed by atoms with Gasteiger partial charge in [0.2, 0.25) is 11.8 Å². The van der Waals surface area contributed by atoms with Crippen molar-refractivity contribution in [2.75, 3.05) is 31.3 Å². The highest BCUT2D eigenvalue weighted by atomic mass is 32.2. The maximum Gasteiger partial charge on any atom is 0.243 e. The van der Waals surface area contributed by atoms with E-state index in [0.717, 1.165) is 18.8 Å². The van der Waals surface area contributed by atoms with E-state index >= 15 is 0 Å². The van der Waals surface area contributed by atoms with Gasteiger partial charge < -0.3 is 14.6 Å². The van der Waals surface area contributed by atoms with Crippen LogP contribution in [-0.2, 0) is 9.59 Å². The predicted octanol–water partition coefficient (Wildman–Crippen LogP) is 3.12. The Kier molecular flexibility index (Phi) is 7.79. The summed E-state index contributed by atoms with van der Waals surface area (Å²) in [7, 11) is 0. The zero-order valence-corrected chi connectivity index (χ0v) is 18.0. The fourth-order valence-corrected chi connectivity index (χ4v) is 4.51. The summed E-state index contributed by atoms with van der Waals surface area (Å²) in [6.07, 6.45) is 2.11. The van der Waals surface area contributed by atoms with Crippen molar-refractivity contribution in [3.05, 3.63) is 24.2 Å². The van der Waals surface area contributed by atoms with Gasteiger partial charge in [-0.25, -0.2) is 0 Å². The molecule has 1 fully saturated rings. The Morgan fingerprint density at radius 2 is 2.07 bits per heavy atom. The van der Waals surface area contributed by atoms with Crippen molar-refractivity contribution in [1.82, 2.24) is 15.1 Å². The van der Waals surface area contributed by atoms with Crippen molar-refractivity contribution in [2.24, 2.45) is 5.41 Å². The average molecular weight is 396 g/mol. The standard InChI is InChI=1S/C20H33N3O3S/c1-6-22(7-2)15(17-9-8-10-26-17)12-21-19(25)16-13-27-14-23(16)18(24)11-20(3,4)5/h8-10,15-16H,6-7,11-14H2,1-5H3,(H,21,25). The van der Waals surface area contributed by atoms with Crippen LogP contribution in [0.2, 0.25) is 0 Å².